The molecule has 0 radical (unpaired) electrons. The Hall–Kier alpha value is -4.87. The minimum absolute atomic E-state index is 0.0149. The van der Waals surface area contributed by atoms with E-state index in [9.17, 15) is 60.3 Å². The van der Waals surface area contributed by atoms with Crippen molar-refractivity contribution in [3.05, 3.63) is 59.7 Å². The van der Waals surface area contributed by atoms with Crippen molar-refractivity contribution in [2.45, 2.75) is 87.5 Å². The van der Waals surface area contributed by atoms with Gasteiger partial charge in [-0.2, -0.15) is 0 Å². The topological polar surface area (TPSA) is 307 Å². The third-order valence-electron chi connectivity index (χ3n) is 8.58. The Kier molecular flexibility index (Phi) is 15.7. The van der Waals surface area contributed by atoms with Crippen LogP contribution < -0.4 is 9.47 Å². The number of aliphatic hydroxyl groups is 7. The Morgan fingerprint density at radius 3 is 2.11 bits per heavy atom. The third-order valence-corrected chi connectivity index (χ3v) is 8.58. The van der Waals surface area contributed by atoms with Gasteiger partial charge in [-0.15, -0.1) is 0 Å². The SMILES string of the molecule is COc1cc(C=CCOC(=O)CC(C)(OC(C)=O)OC2OC(CO)C(OC(=O)C=Cc3ccc(O)cc3)C(O)C2O)cc(O)c1OC1OC(CO)C(O)C(O)C1O. The number of aromatic hydroxyl groups is 2. The lowest BCUT2D eigenvalue weighted by atomic mass is 9.98. The van der Waals surface area contributed by atoms with Crippen molar-refractivity contribution in [1.29, 1.82) is 0 Å². The van der Waals surface area contributed by atoms with E-state index in [4.69, 9.17) is 37.9 Å². The Morgan fingerprint density at radius 1 is 0.825 bits per heavy atom. The Morgan fingerprint density at radius 2 is 1.47 bits per heavy atom. The first-order valence-electron chi connectivity index (χ1n) is 17.4. The molecule has 0 saturated carbocycles. The van der Waals surface area contributed by atoms with E-state index in [-0.39, 0.29) is 23.9 Å². The van der Waals surface area contributed by atoms with Crippen LogP contribution >= 0.6 is 0 Å². The average molecular weight is 811 g/mol. The van der Waals surface area contributed by atoms with Crippen LogP contribution in [0.1, 0.15) is 31.4 Å². The second-order valence-electron chi connectivity index (χ2n) is 13.0. The summed E-state index contributed by atoms with van der Waals surface area (Å²) in [7, 11) is 1.25. The largest absolute Gasteiger partial charge is 0.508 e. The van der Waals surface area contributed by atoms with Crippen LogP contribution in [0, 0.1) is 0 Å². The molecule has 4 rings (SSSR count). The zero-order valence-corrected chi connectivity index (χ0v) is 30.9. The number of esters is 3. The Balaban J connectivity index is 1.35. The third kappa shape index (κ3) is 11.8. The maximum Gasteiger partial charge on any atom is 0.331 e. The van der Waals surface area contributed by atoms with Gasteiger partial charge in [0.25, 0.3) is 0 Å². The minimum atomic E-state index is -2.15. The molecule has 0 aliphatic carbocycles. The molecule has 2 aliphatic heterocycles. The van der Waals surface area contributed by atoms with Gasteiger partial charge < -0.3 is 83.9 Å². The van der Waals surface area contributed by atoms with E-state index in [0.29, 0.717) is 11.1 Å². The predicted molar refractivity (Wildman–Crippen MR) is 190 cm³/mol. The first-order chi connectivity index (χ1) is 27.0. The zero-order chi connectivity index (χ0) is 42.0. The van der Waals surface area contributed by atoms with Gasteiger partial charge in [0.2, 0.25) is 17.8 Å². The normalized spacial score (nSPS) is 28.7. The molecular weight excluding hydrogens is 764 g/mol. The molecule has 11 atom stereocenters. The van der Waals surface area contributed by atoms with Crippen molar-refractivity contribution in [2.24, 2.45) is 0 Å². The summed E-state index contributed by atoms with van der Waals surface area (Å²) in [5, 5.41) is 91.4. The molecule has 2 aliphatic rings. The molecule has 2 saturated heterocycles. The fraction of sp³-hybridized carbons (Fsp3) is 0.486. The van der Waals surface area contributed by atoms with Crippen molar-refractivity contribution in [3.8, 4) is 23.0 Å². The number of rotatable bonds is 16. The van der Waals surface area contributed by atoms with E-state index >= 15 is 0 Å². The van der Waals surface area contributed by atoms with E-state index in [1.807, 2.05) is 0 Å². The second-order valence-corrected chi connectivity index (χ2v) is 13.0. The monoisotopic (exact) mass is 810 g/mol. The summed E-state index contributed by atoms with van der Waals surface area (Å²) in [6.07, 6.45) is -12.2. The van der Waals surface area contributed by atoms with E-state index in [2.05, 4.69) is 0 Å². The summed E-state index contributed by atoms with van der Waals surface area (Å²) < 4.78 is 43.0. The van der Waals surface area contributed by atoms with Gasteiger partial charge in [-0.25, -0.2) is 4.79 Å². The summed E-state index contributed by atoms with van der Waals surface area (Å²) >= 11 is 0. The Labute approximate surface area is 325 Å². The number of carbonyl (C=O) groups is 3. The van der Waals surface area contributed by atoms with Gasteiger partial charge in [-0.05, 0) is 47.5 Å². The summed E-state index contributed by atoms with van der Waals surface area (Å²) in [4.78, 5) is 37.3. The smallest absolute Gasteiger partial charge is 0.331 e. The van der Waals surface area contributed by atoms with Gasteiger partial charge in [0.1, 0.15) is 61.5 Å². The molecule has 2 fully saturated rings. The molecule has 0 amide bonds. The number of ether oxygens (including phenoxy) is 8. The molecule has 20 heteroatoms. The van der Waals surface area contributed by atoms with Gasteiger partial charge in [0.15, 0.2) is 23.9 Å². The summed E-state index contributed by atoms with van der Waals surface area (Å²) in [5.74, 6) is -5.81. The number of phenols is 2. The highest BCUT2D eigenvalue weighted by Crippen LogP contribution is 2.40. The number of benzene rings is 2. The molecule has 20 nitrogen and oxygen atoms in total. The van der Waals surface area contributed by atoms with E-state index < -0.39 is 110 Å². The van der Waals surface area contributed by atoms with E-state index in [1.165, 1.54) is 61.7 Å². The van der Waals surface area contributed by atoms with E-state index in [0.717, 1.165) is 19.9 Å². The number of hydrogen-bond acceptors (Lipinski definition) is 20. The fourth-order valence-electron chi connectivity index (χ4n) is 5.76. The highest BCUT2D eigenvalue weighted by molar-refractivity contribution is 5.87. The second kappa shape index (κ2) is 20.0. The molecule has 2 aromatic rings. The molecule has 314 valence electrons. The number of aliphatic hydroxyl groups excluding tert-OH is 7. The van der Waals surface area contributed by atoms with Gasteiger partial charge in [0.05, 0.1) is 20.3 Å². The predicted octanol–water partition coefficient (Wildman–Crippen LogP) is -1.41. The first kappa shape index (κ1) is 44.8. The quantitative estimate of drug-likeness (QED) is 0.0407. The van der Waals surface area contributed by atoms with Crippen LogP contribution in [0.3, 0.4) is 0 Å². The molecule has 0 spiro atoms. The maximum atomic E-state index is 12.9. The van der Waals surface area contributed by atoms with Crippen LogP contribution in [0.25, 0.3) is 12.2 Å². The molecule has 2 aromatic carbocycles. The van der Waals surface area contributed by atoms with Crippen LogP contribution in [0.4, 0.5) is 0 Å². The highest BCUT2D eigenvalue weighted by atomic mass is 16.8. The molecule has 9 N–H and O–H groups in total. The highest BCUT2D eigenvalue weighted by Gasteiger charge is 2.50. The van der Waals surface area contributed by atoms with Crippen molar-refractivity contribution in [1.82, 2.24) is 0 Å². The molecular formula is C37H46O20. The Bertz CT molecular complexity index is 1730. The van der Waals surface area contributed by atoms with Crippen molar-refractivity contribution >= 4 is 30.1 Å². The van der Waals surface area contributed by atoms with Crippen LogP contribution in [0.15, 0.2) is 48.6 Å². The van der Waals surface area contributed by atoms with Crippen molar-refractivity contribution in [2.75, 3.05) is 26.9 Å². The summed E-state index contributed by atoms with van der Waals surface area (Å²) in [6, 6.07) is 8.45. The van der Waals surface area contributed by atoms with Crippen molar-refractivity contribution in [3.63, 3.8) is 0 Å². The number of phenolic OH excluding ortho intramolecular Hbond substituents is 2. The lowest BCUT2D eigenvalue weighted by Crippen LogP contribution is -2.62. The first-order valence-corrected chi connectivity index (χ1v) is 17.4. The molecule has 0 bridgehead atoms. The summed E-state index contributed by atoms with van der Waals surface area (Å²) in [5.41, 5.74) is 0.848. The lowest BCUT2D eigenvalue weighted by Gasteiger charge is -2.43. The lowest BCUT2D eigenvalue weighted by molar-refractivity contribution is -0.358. The maximum absolute atomic E-state index is 12.9. The van der Waals surface area contributed by atoms with Gasteiger partial charge in [-0.3, -0.25) is 9.59 Å². The molecule has 57 heavy (non-hydrogen) atoms. The van der Waals surface area contributed by atoms with Crippen LogP contribution in [0.2, 0.25) is 0 Å². The number of methoxy groups -OCH3 is 1. The average Bonchev–Trinajstić information content (AvgIpc) is 3.16. The number of carbonyl (C=O) groups excluding carboxylic acids is 3. The summed E-state index contributed by atoms with van der Waals surface area (Å²) in [6.45, 7) is 0.300. The molecule has 11 unspecified atom stereocenters. The van der Waals surface area contributed by atoms with Crippen molar-refractivity contribution < 1.29 is 98.2 Å². The van der Waals surface area contributed by atoms with Crippen LogP contribution in [0.5, 0.6) is 23.0 Å². The molecule has 2 heterocycles. The van der Waals surface area contributed by atoms with Gasteiger partial charge in [-0.1, -0.05) is 18.2 Å². The zero-order valence-electron chi connectivity index (χ0n) is 30.9. The fourth-order valence-corrected chi connectivity index (χ4v) is 5.76. The number of hydrogen-bond donors (Lipinski definition) is 9. The molecule has 0 aromatic heterocycles. The standard InChI is InChI=1S/C37H46O20/c1-18(40)56-37(2,57-36-32(49)30(47)34(25(17-39)53-36)54-26(43)11-8-19-6-9-21(41)10-7-19)15-27(44)51-12-4-5-20-13-22(42)33(23(14-20)50-3)55-35-31(48)29(46)28(45)24(16-38)52-35/h4-11,13-14,24-25,28-32,34-36,38-39,41-42,45-49H,12,15-17H2,1-3H3. The van der Waals surface area contributed by atoms with E-state index in [1.54, 1.807) is 0 Å². The van der Waals surface area contributed by atoms with Crippen LogP contribution in [-0.2, 0) is 42.8 Å². The van der Waals surface area contributed by atoms with Crippen LogP contribution in [-0.4, -0.2) is 158 Å². The van der Waals surface area contributed by atoms with Gasteiger partial charge in [0, 0.05) is 19.9 Å². The van der Waals surface area contributed by atoms with Gasteiger partial charge >= 0.3 is 17.9 Å². The minimum Gasteiger partial charge on any atom is -0.508 e.